The average molecular weight is 358 g/mol. The van der Waals surface area contributed by atoms with E-state index in [1.807, 2.05) is 0 Å². The van der Waals surface area contributed by atoms with Gasteiger partial charge in [0.15, 0.2) is 5.65 Å². The fourth-order valence-corrected chi connectivity index (χ4v) is 4.21. The first-order valence-electron chi connectivity index (χ1n) is 9.98. The molecular weight excluding hydrogens is 326 g/mol. The van der Waals surface area contributed by atoms with Crippen molar-refractivity contribution in [2.45, 2.75) is 52.5 Å². The number of ether oxygens (including phenoxy) is 1. The number of aromatic nitrogens is 3. The van der Waals surface area contributed by atoms with E-state index in [0.29, 0.717) is 12.0 Å². The molecule has 142 valence electrons. The van der Waals surface area contributed by atoms with Crippen molar-refractivity contribution in [2.24, 2.45) is 0 Å². The predicted octanol–water partition coefficient (Wildman–Crippen LogP) is 2.77. The second-order valence-electron chi connectivity index (χ2n) is 7.99. The van der Waals surface area contributed by atoms with Crippen LogP contribution in [-0.4, -0.2) is 64.9 Å². The summed E-state index contributed by atoms with van der Waals surface area (Å²) in [5.41, 5.74) is 4.51. The van der Waals surface area contributed by atoms with E-state index in [2.05, 4.69) is 48.1 Å². The number of fused-ring (bicyclic) bond motifs is 1. The smallest absolute Gasteiger partial charge is 0.157 e. The third kappa shape index (κ3) is 3.21. The van der Waals surface area contributed by atoms with Gasteiger partial charge >= 0.3 is 0 Å². The molecule has 0 bridgehead atoms. The molecule has 2 aromatic heterocycles. The van der Waals surface area contributed by atoms with Crippen molar-refractivity contribution in [1.82, 2.24) is 19.5 Å². The van der Waals surface area contributed by atoms with Crippen LogP contribution >= 0.6 is 0 Å². The van der Waals surface area contributed by atoms with Gasteiger partial charge in [-0.1, -0.05) is 0 Å². The Morgan fingerprint density at radius 3 is 2.42 bits per heavy atom. The summed E-state index contributed by atoms with van der Waals surface area (Å²) < 4.78 is 7.61. The minimum Gasteiger partial charge on any atom is -0.381 e. The van der Waals surface area contributed by atoms with Crippen LogP contribution in [0.3, 0.4) is 0 Å². The molecule has 6 nitrogen and oxygen atoms in total. The quantitative estimate of drug-likeness (QED) is 0.845. The van der Waals surface area contributed by atoms with Gasteiger partial charge in [-0.2, -0.15) is 9.61 Å². The van der Waals surface area contributed by atoms with Crippen molar-refractivity contribution < 1.29 is 4.74 Å². The minimum atomic E-state index is 0.497. The molecule has 0 radical (unpaired) electrons. The van der Waals surface area contributed by atoms with Gasteiger partial charge in [0.1, 0.15) is 5.82 Å². The van der Waals surface area contributed by atoms with Crippen molar-refractivity contribution >= 4 is 11.5 Å². The van der Waals surface area contributed by atoms with E-state index in [0.717, 1.165) is 63.6 Å². The van der Waals surface area contributed by atoms with E-state index < -0.39 is 0 Å². The molecule has 6 heteroatoms. The lowest BCUT2D eigenvalue weighted by Gasteiger charge is -2.38. The maximum Gasteiger partial charge on any atom is 0.157 e. The van der Waals surface area contributed by atoms with Gasteiger partial charge in [0.05, 0.1) is 5.69 Å². The van der Waals surface area contributed by atoms with Crippen LogP contribution in [-0.2, 0) is 4.74 Å². The summed E-state index contributed by atoms with van der Waals surface area (Å²) in [7, 11) is 0. The van der Waals surface area contributed by atoms with E-state index >= 15 is 0 Å². The molecule has 4 heterocycles. The topological polar surface area (TPSA) is 45.9 Å². The zero-order valence-electron chi connectivity index (χ0n) is 16.5. The van der Waals surface area contributed by atoms with Crippen molar-refractivity contribution in [3.8, 4) is 0 Å². The summed E-state index contributed by atoms with van der Waals surface area (Å²) in [6.07, 6.45) is 2.12. The lowest BCUT2D eigenvalue weighted by atomic mass is 9.97. The number of anilines is 1. The van der Waals surface area contributed by atoms with Crippen molar-refractivity contribution in [1.29, 1.82) is 0 Å². The van der Waals surface area contributed by atoms with Gasteiger partial charge in [0.2, 0.25) is 0 Å². The van der Waals surface area contributed by atoms with E-state index in [9.17, 15) is 0 Å². The molecule has 2 aliphatic rings. The fraction of sp³-hybridized carbons (Fsp3) is 0.700. The number of nitrogens with zero attached hydrogens (tertiary/aromatic N) is 5. The van der Waals surface area contributed by atoms with E-state index in [1.165, 1.54) is 17.1 Å². The van der Waals surface area contributed by atoms with E-state index in [4.69, 9.17) is 14.8 Å². The van der Waals surface area contributed by atoms with Crippen molar-refractivity contribution in [2.75, 3.05) is 44.3 Å². The Morgan fingerprint density at radius 2 is 1.77 bits per heavy atom. The second kappa shape index (κ2) is 7.16. The number of hydrogen-bond donors (Lipinski definition) is 0. The van der Waals surface area contributed by atoms with Gasteiger partial charge in [-0.05, 0) is 40.5 Å². The molecule has 0 aromatic carbocycles. The SMILES string of the molecule is Cc1nc2cc(C3CCOCC3)nn2c(N2CCN(C(C)C)CC2)c1C. The molecule has 0 unspecified atom stereocenters. The first-order valence-corrected chi connectivity index (χ1v) is 9.98. The standard InChI is InChI=1S/C20H31N5O/c1-14(2)23-7-9-24(10-8-23)20-15(3)16(4)21-19-13-18(22-25(19)20)17-5-11-26-12-6-17/h13-14,17H,5-12H2,1-4H3. The van der Waals surface area contributed by atoms with Crippen LogP contribution in [0.25, 0.3) is 5.65 Å². The van der Waals surface area contributed by atoms with Gasteiger partial charge < -0.3 is 9.64 Å². The van der Waals surface area contributed by atoms with Crippen molar-refractivity contribution in [3.05, 3.63) is 23.0 Å². The number of aryl methyl sites for hydroxylation is 1. The second-order valence-corrected chi connectivity index (χ2v) is 7.99. The summed E-state index contributed by atoms with van der Waals surface area (Å²) in [4.78, 5) is 9.87. The van der Waals surface area contributed by atoms with Crippen molar-refractivity contribution in [3.63, 3.8) is 0 Å². The summed E-state index contributed by atoms with van der Waals surface area (Å²) in [5, 5.41) is 5.01. The predicted molar refractivity (Wildman–Crippen MR) is 104 cm³/mol. The molecule has 2 fully saturated rings. The Bertz CT molecular complexity index is 770. The fourth-order valence-electron chi connectivity index (χ4n) is 4.21. The highest BCUT2D eigenvalue weighted by molar-refractivity contribution is 5.57. The summed E-state index contributed by atoms with van der Waals surface area (Å²) >= 11 is 0. The normalized spacial score (nSPS) is 20.4. The minimum absolute atomic E-state index is 0.497. The Labute approximate surface area is 156 Å². The Morgan fingerprint density at radius 1 is 1.08 bits per heavy atom. The highest BCUT2D eigenvalue weighted by atomic mass is 16.5. The zero-order valence-corrected chi connectivity index (χ0v) is 16.5. The van der Waals surface area contributed by atoms with Crippen LogP contribution in [0.4, 0.5) is 5.82 Å². The van der Waals surface area contributed by atoms with Crippen LogP contribution in [0, 0.1) is 13.8 Å². The Kier molecular flexibility index (Phi) is 4.88. The summed E-state index contributed by atoms with van der Waals surface area (Å²) in [5.74, 6) is 1.73. The number of piperazine rings is 1. The molecular formula is C20H31N5O. The maximum absolute atomic E-state index is 5.52. The van der Waals surface area contributed by atoms with Gasteiger partial charge in [-0.25, -0.2) is 4.98 Å². The lowest BCUT2D eigenvalue weighted by molar-refractivity contribution is 0.0844. The molecule has 0 aliphatic carbocycles. The largest absolute Gasteiger partial charge is 0.381 e. The van der Waals surface area contributed by atoms with Gasteiger partial charge in [0.25, 0.3) is 0 Å². The Hall–Kier alpha value is -1.66. The molecule has 2 aliphatic heterocycles. The molecule has 0 amide bonds. The first kappa shape index (κ1) is 17.7. The third-order valence-corrected chi connectivity index (χ3v) is 6.05. The van der Waals surface area contributed by atoms with Crippen LogP contribution in [0.5, 0.6) is 0 Å². The summed E-state index contributed by atoms with van der Waals surface area (Å²) in [6.45, 7) is 14.8. The molecule has 0 N–H and O–H groups in total. The monoisotopic (exact) mass is 357 g/mol. The van der Waals surface area contributed by atoms with Gasteiger partial charge in [0, 0.05) is 68.7 Å². The van der Waals surface area contributed by atoms with Gasteiger partial charge in [-0.15, -0.1) is 0 Å². The molecule has 0 spiro atoms. The lowest BCUT2D eigenvalue weighted by Crippen LogP contribution is -2.49. The average Bonchev–Trinajstić information content (AvgIpc) is 3.07. The highest BCUT2D eigenvalue weighted by Crippen LogP contribution is 2.30. The van der Waals surface area contributed by atoms with Gasteiger partial charge in [-0.3, -0.25) is 4.90 Å². The maximum atomic E-state index is 5.52. The van der Waals surface area contributed by atoms with Crippen LogP contribution in [0.15, 0.2) is 6.07 Å². The molecule has 4 rings (SSSR count). The van der Waals surface area contributed by atoms with E-state index in [1.54, 1.807) is 0 Å². The summed E-state index contributed by atoms with van der Waals surface area (Å²) in [6, 6.07) is 2.80. The molecule has 0 saturated carbocycles. The zero-order chi connectivity index (χ0) is 18.3. The van der Waals surface area contributed by atoms with Crippen LogP contribution in [0.2, 0.25) is 0 Å². The van der Waals surface area contributed by atoms with Crippen LogP contribution < -0.4 is 4.90 Å². The highest BCUT2D eigenvalue weighted by Gasteiger charge is 2.25. The number of rotatable bonds is 3. The Balaban J connectivity index is 1.69. The van der Waals surface area contributed by atoms with E-state index in [-0.39, 0.29) is 0 Å². The molecule has 2 aromatic rings. The number of hydrogen-bond acceptors (Lipinski definition) is 5. The van der Waals surface area contributed by atoms with Crippen LogP contribution in [0.1, 0.15) is 49.6 Å². The molecule has 0 atom stereocenters. The first-order chi connectivity index (χ1) is 12.5. The molecule has 26 heavy (non-hydrogen) atoms. The third-order valence-electron chi connectivity index (χ3n) is 6.05. The molecule has 2 saturated heterocycles.